The number of nitrogens with one attached hydrogen (secondary N) is 2. The largest absolute Gasteiger partial charge is 0.469 e. The fourth-order valence-electron chi connectivity index (χ4n) is 4.66. The van der Waals surface area contributed by atoms with Crippen molar-refractivity contribution in [3.05, 3.63) is 69.3 Å². The summed E-state index contributed by atoms with van der Waals surface area (Å²) in [4.78, 5) is 45.3. The number of ether oxygens (including phenoxy) is 1. The highest BCUT2D eigenvalue weighted by Crippen LogP contribution is 2.37. The van der Waals surface area contributed by atoms with Crippen LogP contribution in [0.2, 0.25) is 0 Å². The van der Waals surface area contributed by atoms with Crippen LogP contribution in [-0.4, -0.2) is 46.9 Å². The number of H-pyrrole nitrogens is 1. The zero-order valence-electron chi connectivity index (χ0n) is 20.6. The number of carbonyl (C=O) groups excluding carboxylic acids is 2. The fourth-order valence-corrected chi connectivity index (χ4v) is 4.66. The van der Waals surface area contributed by atoms with Gasteiger partial charge in [-0.1, -0.05) is 0 Å². The summed E-state index contributed by atoms with van der Waals surface area (Å²) >= 11 is 0. The van der Waals surface area contributed by atoms with Gasteiger partial charge in [-0.15, -0.1) is 0 Å². The van der Waals surface area contributed by atoms with Crippen molar-refractivity contribution in [2.45, 2.75) is 38.9 Å². The number of hydrogen-bond acceptors (Lipinski definition) is 6. The molecule has 196 valence electrons. The van der Waals surface area contributed by atoms with Gasteiger partial charge < -0.3 is 19.9 Å². The van der Waals surface area contributed by atoms with Crippen LogP contribution in [0.5, 0.6) is 0 Å². The van der Waals surface area contributed by atoms with E-state index in [0.29, 0.717) is 30.6 Å². The Labute approximate surface area is 210 Å². The van der Waals surface area contributed by atoms with E-state index >= 15 is 0 Å². The third-order valence-electron chi connectivity index (χ3n) is 6.53. The minimum atomic E-state index is -4.65. The molecule has 1 amide bonds. The quantitative estimate of drug-likeness (QED) is 0.486. The van der Waals surface area contributed by atoms with Crippen molar-refractivity contribution in [1.29, 1.82) is 0 Å². The molecule has 0 saturated carbocycles. The number of nitrogens with zero attached hydrogens (tertiary/aromatic N) is 2. The van der Waals surface area contributed by atoms with Crippen LogP contribution in [0.1, 0.15) is 53.1 Å². The average Bonchev–Trinajstić information content (AvgIpc) is 2.87. The van der Waals surface area contributed by atoms with Crippen molar-refractivity contribution < 1.29 is 27.5 Å². The molecule has 3 aromatic rings. The topological polar surface area (TPSA) is 104 Å². The molecule has 2 N–H and O–H groups in total. The highest BCUT2D eigenvalue weighted by molar-refractivity contribution is 5.95. The van der Waals surface area contributed by atoms with E-state index in [0.717, 1.165) is 6.07 Å². The number of aryl methyl sites for hydroxylation is 1. The predicted octanol–water partition coefficient (Wildman–Crippen LogP) is 4.45. The SMILES string of the molecule is COC(=O)[C@H]1CCCN(C(=O)c2ccc(N[C@@H](C)c3cc4c(=O)[nH]c(C)nc4cc3C(F)(F)F)cc2)C1. The summed E-state index contributed by atoms with van der Waals surface area (Å²) in [5.41, 5.74) is -0.620. The first-order chi connectivity index (χ1) is 17.5. The Hall–Kier alpha value is -3.89. The van der Waals surface area contributed by atoms with E-state index in [2.05, 4.69) is 15.3 Å². The Morgan fingerprint density at radius 2 is 1.92 bits per heavy atom. The number of benzene rings is 2. The first kappa shape index (κ1) is 26.2. The fraction of sp³-hybridized carbons (Fsp3) is 0.385. The molecule has 2 atom stereocenters. The molecule has 37 heavy (non-hydrogen) atoms. The van der Waals surface area contributed by atoms with Gasteiger partial charge in [-0.05, 0) is 68.7 Å². The number of esters is 1. The summed E-state index contributed by atoms with van der Waals surface area (Å²) in [6.07, 6.45) is -3.30. The molecular weight excluding hydrogens is 489 g/mol. The van der Waals surface area contributed by atoms with Crippen LogP contribution in [0.15, 0.2) is 41.2 Å². The number of alkyl halides is 3. The van der Waals surface area contributed by atoms with Crippen molar-refractivity contribution in [1.82, 2.24) is 14.9 Å². The van der Waals surface area contributed by atoms with Crippen LogP contribution in [0.3, 0.4) is 0 Å². The Morgan fingerprint density at radius 1 is 1.22 bits per heavy atom. The number of rotatable bonds is 5. The highest BCUT2D eigenvalue weighted by Gasteiger charge is 2.35. The number of likely N-dealkylation sites (tertiary alicyclic amines) is 1. The number of methoxy groups -OCH3 is 1. The molecule has 1 aliphatic rings. The van der Waals surface area contributed by atoms with Crippen LogP contribution in [0.25, 0.3) is 10.9 Å². The Kier molecular flexibility index (Phi) is 7.24. The number of halogens is 3. The molecule has 8 nitrogen and oxygen atoms in total. The van der Waals surface area contributed by atoms with E-state index < -0.39 is 23.3 Å². The molecule has 4 rings (SSSR count). The Morgan fingerprint density at radius 3 is 2.57 bits per heavy atom. The molecule has 2 heterocycles. The van der Waals surface area contributed by atoms with Crippen LogP contribution in [0, 0.1) is 12.8 Å². The number of hydrogen-bond donors (Lipinski definition) is 2. The number of anilines is 1. The van der Waals surface area contributed by atoms with Gasteiger partial charge in [0.25, 0.3) is 11.5 Å². The molecular formula is C26H27F3N4O4. The number of piperidine rings is 1. The summed E-state index contributed by atoms with van der Waals surface area (Å²) in [6, 6.07) is 7.68. The first-order valence-corrected chi connectivity index (χ1v) is 11.8. The van der Waals surface area contributed by atoms with Crippen molar-refractivity contribution >= 4 is 28.5 Å². The molecule has 1 aromatic heterocycles. The molecule has 2 aromatic carbocycles. The van der Waals surface area contributed by atoms with E-state index in [4.69, 9.17) is 4.74 Å². The molecule has 0 radical (unpaired) electrons. The number of amides is 1. The zero-order valence-corrected chi connectivity index (χ0v) is 20.6. The van der Waals surface area contributed by atoms with Crippen molar-refractivity contribution in [2.75, 3.05) is 25.5 Å². The molecule has 1 aliphatic heterocycles. The lowest BCUT2D eigenvalue weighted by Gasteiger charge is -2.31. The Bertz CT molecular complexity index is 1390. The van der Waals surface area contributed by atoms with Gasteiger partial charge in [0.1, 0.15) is 5.82 Å². The molecule has 0 spiro atoms. The standard InChI is InChI=1S/C26H27F3N4O4/c1-14(19-11-20-22(12-21(19)26(27,28)29)31-15(2)32-23(20)34)30-18-8-6-16(7-9-18)24(35)33-10-4-5-17(13-33)25(36)37-3/h6-9,11-12,14,17,30H,4-5,10,13H2,1-3H3,(H,31,32,34)/t14-,17-/m0/s1. The first-order valence-electron chi connectivity index (χ1n) is 11.8. The van der Waals surface area contributed by atoms with Gasteiger partial charge in [-0.3, -0.25) is 14.4 Å². The van der Waals surface area contributed by atoms with E-state index in [1.807, 2.05) is 0 Å². The molecule has 0 aliphatic carbocycles. The molecule has 1 saturated heterocycles. The highest BCUT2D eigenvalue weighted by atomic mass is 19.4. The minimum Gasteiger partial charge on any atom is -0.469 e. The smallest absolute Gasteiger partial charge is 0.416 e. The molecule has 0 bridgehead atoms. The lowest BCUT2D eigenvalue weighted by molar-refractivity contribution is -0.147. The van der Waals surface area contributed by atoms with Gasteiger partial charge in [0.2, 0.25) is 0 Å². The molecule has 0 unspecified atom stereocenters. The van der Waals surface area contributed by atoms with E-state index in [1.54, 1.807) is 36.1 Å². The van der Waals surface area contributed by atoms with E-state index in [9.17, 15) is 27.6 Å². The lowest BCUT2D eigenvalue weighted by Crippen LogP contribution is -2.42. The second-order valence-electron chi connectivity index (χ2n) is 9.16. The van der Waals surface area contributed by atoms with Gasteiger partial charge in [0, 0.05) is 30.4 Å². The van der Waals surface area contributed by atoms with Crippen molar-refractivity contribution in [3.8, 4) is 0 Å². The second kappa shape index (κ2) is 10.2. The van der Waals surface area contributed by atoms with E-state index in [1.165, 1.54) is 20.1 Å². The number of fused-ring (bicyclic) bond motifs is 1. The average molecular weight is 517 g/mol. The van der Waals surface area contributed by atoms with Crippen molar-refractivity contribution in [2.24, 2.45) is 5.92 Å². The number of aromatic amines is 1. The Balaban J connectivity index is 1.55. The predicted molar refractivity (Wildman–Crippen MR) is 131 cm³/mol. The van der Waals surface area contributed by atoms with Crippen LogP contribution >= 0.6 is 0 Å². The monoisotopic (exact) mass is 516 g/mol. The zero-order chi connectivity index (χ0) is 26.9. The van der Waals surface area contributed by atoms with Gasteiger partial charge in [0.05, 0.1) is 29.5 Å². The third kappa shape index (κ3) is 5.60. The normalized spacial score (nSPS) is 16.9. The maximum Gasteiger partial charge on any atom is 0.416 e. The summed E-state index contributed by atoms with van der Waals surface area (Å²) in [5.74, 6) is -0.708. The maximum absolute atomic E-state index is 13.9. The van der Waals surface area contributed by atoms with Gasteiger partial charge in [0.15, 0.2) is 0 Å². The van der Waals surface area contributed by atoms with E-state index in [-0.39, 0.29) is 46.6 Å². The second-order valence-corrected chi connectivity index (χ2v) is 9.16. The van der Waals surface area contributed by atoms with Crippen LogP contribution < -0.4 is 10.9 Å². The van der Waals surface area contributed by atoms with Crippen molar-refractivity contribution in [3.63, 3.8) is 0 Å². The third-order valence-corrected chi connectivity index (χ3v) is 6.53. The summed E-state index contributed by atoms with van der Waals surface area (Å²) < 4.78 is 46.4. The maximum atomic E-state index is 13.9. The molecule has 1 fully saturated rings. The van der Waals surface area contributed by atoms with Crippen LogP contribution in [-0.2, 0) is 15.7 Å². The summed E-state index contributed by atoms with van der Waals surface area (Å²) in [5, 5.41) is 3.09. The minimum absolute atomic E-state index is 0.0282. The lowest BCUT2D eigenvalue weighted by atomic mass is 9.97. The summed E-state index contributed by atoms with van der Waals surface area (Å²) in [6.45, 7) is 3.87. The molecule has 11 heteroatoms. The summed E-state index contributed by atoms with van der Waals surface area (Å²) in [7, 11) is 1.32. The number of aromatic nitrogens is 2. The number of carbonyl (C=O) groups is 2. The van der Waals surface area contributed by atoms with Gasteiger partial charge >= 0.3 is 12.1 Å². The van der Waals surface area contributed by atoms with Gasteiger partial charge in [-0.25, -0.2) is 4.98 Å². The van der Waals surface area contributed by atoms with Gasteiger partial charge in [-0.2, -0.15) is 13.2 Å². The van der Waals surface area contributed by atoms with Crippen LogP contribution in [0.4, 0.5) is 18.9 Å².